The molecule has 2 aromatic carbocycles. The molecule has 0 spiro atoms. The van der Waals surface area contributed by atoms with Crippen LogP contribution in [-0.4, -0.2) is 16.2 Å². The number of aromatic nitrogens is 2. The van der Waals surface area contributed by atoms with Crippen LogP contribution in [0.3, 0.4) is 0 Å². The van der Waals surface area contributed by atoms with E-state index in [9.17, 15) is 9.18 Å². The van der Waals surface area contributed by atoms with Crippen molar-refractivity contribution >= 4 is 28.2 Å². The molecule has 0 fully saturated rings. The number of hydrogen-bond acceptors (Lipinski definition) is 4. The van der Waals surface area contributed by atoms with E-state index < -0.39 is 11.8 Å². The number of amides is 2. The van der Waals surface area contributed by atoms with E-state index in [4.69, 9.17) is 0 Å². The van der Waals surface area contributed by atoms with Gasteiger partial charge in [0.1, 0.15) is 10.8 Å². The van der Waals surface area contributed by atoms with Crippen LogP contribution in [0.1, 0.15) is 23.4 Å². The van der Waals surface area contributed by atoms with E-state index in [1.54, 1.807) is 12.1 Å². The Labute approximate surface area is 142 Å². The fourth-order valence-corrected chi connectivity index (χ4v) is 2.98. The lowest BCUT2D eigenvalue weighted by Gasteiger charge is -2.07. The number of carbonyl (C=O) groups excluding carboxylic acids is 1. The number of para-hydroxylation sites is 1. The molecule has 1 atom stereocenters. The van der Waals surface area contributed by atoms with Crippen LogP contribution in [0, 0.1) is 5.82 Å². The van der Waals surface area contributed by atoms with Gasteiger partial charge in [0.2, 0.25) is 5.13 Å². The topological polar surface area (TPSA) is 66.9 Å². The molecule has 7 heteroatoms. The highest BCUT2D eigenvalue weighted by Gasteiger charge is 2.15. The second kappa shape index (κ2) is 7.18. The Kier molecular flexibility index (Phi) is 4.81. The van der Waals surface area contributed by atoms with E-state index in [2.05, 4.69) is 20.8 Å². The molecule has 2 N–H and O–H groups in total. The predicted molar refractivity (Wildman–Crippen MR) is 92.9 cm³/mol. The average molecular weight is 342 g/mol. The van der Waals surface area contributed by atoms with E-state index in [1.165, 1.54) is 23.5 Å². The maximum atomic E-state index is 13.5. The number of benzene rings is 2. The molecule has 0 radical (unpaired) electrons. The number of halogens is 1. The van der Waals surface area contributed by atoms with Gasteiger partial charge < -0.3 is 5.32 Å². The Morgan fingerprint density at radius 1 is 1.04 bits per heavy atom. The Bertz CT molecular complexity index is 837. The summed E-state index contributed by atoms with van der Waals surface area (Å²) in [6.07, 6.45) is 0. The normalized spacial score (nSPS) is 11.8. The fourth-order valence-electron chi connectivity index (χ4n) is 2.16. The van der Waals surface area contributed by atoms with Crippen LogP contribution in [0.5, 0.6) is 0 Å². The third-order valence-corrected chi connectivity index (χ3v) is 4.47. The van der Waals surface area contributed by atoms with Gasteiger partial charge in [0.15, 0.2) is 0 Å². The molecule has 0 unspecified atom stereocenters. The van der Waals surface area contributed by atoms with Gasteiger partial charge in [-0.2, -0.15) is 0 Å². The maximum Gasteiger partial charge on any atom is 0.325 e. The lowest BCUT2D eigenvalue weighted by molar-refractivity contribution is 0.262. The second-order valence-electron chi connectivity index (χ2n) is 5.14. The Morgan fingerprint density at radius 2 is 1.75 bits per heavy atom. The lowest BCUT2D eigenvalue weighted by atomic mass is 10.0. The van der Waals surface area contributed by atoms with Gasteiger partial charge >= 0.3 is 6.03 Å². The number of nitrogens with zero attached hydrogens (tertiary/aromatic N) is 2. The molecule has 2 amide bonds. The van der Waals surface area contributed by atoms with E-state index >= 15 is 0 Å². The average Bonchev–Trinajstić information content (AvgIpc) is 3.05. The van der Waals surface area contributed by atoms with Crippen LogP contribution in [0.2, 0.25) is 0 Å². The first-order valence-corrected chi connectivity index (χ1v) is 8.16. The molecular formula is C17H15FN4OS. The van der Waals surface area contributed by atoms with Crippen LogP contribution in [-0.2, 0) is 0 Å². The fraction of sp³-hybridized carbons (Fsp3) is 0.118. The van der Waals surface area contributed by atoms with E-state index in [-0.39, 0.29) is 11.6 Å². The van der Waals surface area contributed by atoms with Gasteiger partial charge in [-0.3, -0.25) is 5.32 Å². The summed E-state index contributed by atoms with van der Waals surface area (Å²) in [6, 6.07) is 15.3. The molecule has 0 saturated heterocycles. The standard InChI is InChI=1S/C17H15FN4OS/c1-11(12-7-3-2-4-8-12)15-21-22-17(24-15)20-16(23)19-14-10-6-5-9-13(14)18/h2-11H,1H3,(H2,19,20,22,23)/t11-/m1/s1. The molecule has 1 heterocycles. The number of urea groups is 1. The van der Waals surface area contributed by atoms with Gasteiger partial charge in [-0.1, -0.05) is 60.7 Å². The van der Waals surface area contributed by atoms with Crippen molar-refractivity contribution in [1.29, 1.82) is 0 Å². The SMILES string of the molecule is C[C@H](c1ccccc1)c1nnc(NC(=O)Nc2ccccc2F)s1. The number of carbonyl (C=O) groups is 1. The van der Waals surface area contributed by atoms with Crippen LogP contribution in [0.15, 0.2) is 54.6 Å². The molecule has 0 aliphatic rings. The highest BCUT2D eigenvalue weighted by Crippen LogP contribution is 2.28. The molecule has 0 aliphatic carbocycles. The summed E-state index contributed by atoms with van der Waals surface area (Å²) in [5, 5.41) is 14.3. The van der Waals surface area contributed by atoms with Gasteiger partial charge in [0.25, 0.3) is 0 Å². The maximum absolute atomic E-state index is 13.5. The molecule has 3 aromatic rings. The minimum absolute atomic E-state index is 0.0777. The smallest absolute Gasteiger partial charge is 0.305 e. The van der Waals surface area contributed by atoms with Gasteiger partial charge in [-0.15, -0.1) is 10.2 Å². The first-order chi connectivity index (χ1) is 11.6. The Balaban J connectivity index is 1.66. The Hall–Kier alpha value is -2.80. The highest BCUT2D eigenvalue weighted by molar-refractivity contribution is 7.15. The van der Waals surface area contributed by atoms with Crippen molar-refractivity contribution in [3.05, 3.63) is 71.0 Å². The molecule has 122 valence electrons. The molecule has 0 bridgehead atoms. The van der Waals surface area contributed by atoms with Crippen LogP contribution < -0.4 is 10.6 Å². The summed E-state index contributed by atoms with van der Waals surface area (Å²) in [4.78, 5) is 11.9. The van der Waals surface area contributed by atoms with Crippen LogP contribution in [0.25, 0.3) is 0 Å². The van der Waals surface area contributed by atoms with Crippen molar-refractivity contribution in [2.75, 3.05) is 10.6 Å². The predicted octanol–water partition coefficient (Wildman–Crippen LogP) is 4.47. The minimum Gasteiger partial charge on any atom is -0.305 e. The van der Waals surface area contributed by atoms with Crippen molar-refractivity contribution in [2.24, 2.45) is 0 Å². The number of hydrogen-bond donors (Lipinski definition) is 2. The quantitative estimate of drug-likeness (QED) is 0.735. The highest BCUT2D eigenvalue weighted by atomic mass is 32.1. The molecule has 5 nitrogen and oxygen atoms in total. The largest absolute Gasteiger partial charge is 0.325 e. The van der Waals surface area contributed by atoms with Crippen LogP contribution >= 0.6 is 11.3 Å². The summed E-state index contributed by atoms with van der Waals surface area (Å²) in [5.74, 6) is -0.419. The first kappa shape index (κ1) is 16.1. The van der Waals surface area contributed by atoms with Crippen molar-refractivity contribution in [1.82, 2.24) is 10.2 Å². The van der Waals surface area contributed by atoms with Gasteiger partial charge in [0, 0.05) is 5.92 Å². The second-order valence-corrected chi connectivity index (χ2v) is 6.15. The van der Waals surface area contributed by atoms with Crippen molar-refractivity contribution < 1.29 is 9.18 Å². The zero-order valence-electron chi connectivity index (χ0n) is 12.9. The van der Waals surface area contributed by atoms with Gasteiger partial charge in [-0.05, 0) is 17.7 Å². The first-order valence-electron chi connectivity index (χ1n) is 7.34. The number of nitrogens with one attached hydrogen (secondary N) is 2. The summed E-state index contributed by atoms with van der Waals surface area (Å²) >= 11 is 1.29. The summed E-state index contributed by atoms with van der Waals surface area (Å²) in [6.45, 7) is 2.03. The monoisotopic (exact) mass is 342 g/mol. The Morgan fingerprint density at radius 3 is 2.50 bits per heavy atom. The summed E-state index contributed by atoms with van der Waals surface area (Å²) in [5.41, 5.74) is 1.23. The third-order valence-electron chi connectivity index (χ3n) is 3.45. The number of rotatable bonds is 4. The summed E-state index contributed by atoms with van der Waals surface area (Å²) < 4.78 is 13.5. The van der Waals surface area contributed by atoms with Gasteiger partial charge in [-0.25, -0.2) is 9.18 Å². The lowest BCUT2D eigenvalue weighted by Crippen LogP contribution is -2.19. The van der Waals surface area contributed by atoms with Gasteiger partial charge in [0.05, 0.1) is 5.69 Å². The van der Waals surface area contributed by atoms with E-state index in [0.717, 1.165) is 10.6 Å². The molecule has 0 aliphatic heterocycles. The molecule has 0 saturated carbocycles. The van der Waals surface area contributed by atoms with Crippen molar-refractivity contribution in [3.63, 3.8) is 0 Å². The van der Waals surface area contributed by atoms with E-state index in [1.807, 2.05) is 37.3 Å². The minimum atomic E-state index is -0.560. The van der Waals surface area contributed by atoms with Crippen molar-refractivity contribution in [2.45, 2.75) is 12.8 Å². The zero-order valence-corrected chi connectivity index (χ0v) is 13.7. The van der Waals surface area contributed by atoms with E-state index in [0.29, 0.717) is 5.13 Å². The van der Waals surface area contributed by atoms with Crippen molar-refractivity contribution in [3.8, 4) is 0 Å². The zero-order chi connectivity index (χ0) is 16.9. The van der Waals surface area contributed by atoms with Crippen LogP contribution in [0.4, 0.5) is 20.0 Å². The molecule has 3 rings (SSSR count). The molecular weight excluding hydrogens is 327 g/mol. The third kappa shape index (κ3) is 3.75. The summed E-state index contributed by atoms with van der Waals surface area (Å²) in [7, 11) is 0. The number of anilines is 2. The molecule has 1 aromatic heterocycles. The molecule has 24 heavy (non-hydrogen) atoms.